The summed E-state index contributed by atoms with van der Waals surface area (Å²) in [5.41, 5.74) is -0.664. The number of amides is 3. The molecule has 0 N–H and O–H groups in total. The summed E-state index contributed by atoms with van der Waals surface area (Å²) in [5.74, 6) is -0.532. The summed E-state index contributed by atoms with van der Waals surface area (Å²) in [6.45, 7) is 9.24. The standard InChI is InChI=1S/C19H28N2O4/c1-18(2,3)25-17(24)20-13-10-19(4,11-14-20)9-8-16(23)21-12-6-5-7-15(21)22/h5,7-9H,6,10-14H2,1-4H3/b9-8+. The van der Waals surface area contributed by atoms with E-state index >= 15 is 0 Å². The molecule has 0 aromatic rings. The lowest BCUT2D eigenvalue weighted by molar-refractivity contribution is -0.139. The van der Waals surface area contributed by atoms with Crippen LogP contribution in [0.15, 0.2) is 24.3 Å². The molecule has 2 heterocycles. The van der Waals surface area contributed by atoms with Gasteiger partial charge < -0.3 is 9.64 Å². The van der Waals surface area contributed by atoms with Crippen LogP contribution < -0.4 is 0 Å². The lowest BCUT2D eigenvalue weighted by atomic mass is 9.80. The number of piperidine rings is 1. The summed E-state index contributed by atoms with van der Waals surface area (Å²) in [6.07, 6.45) is 8.52. The Kier molecular flexibility index (Phi) is 5.70. The first-order valence-corrected chi connectivity index (χ1v) is 8.79. The molecule has 0 aromatic heterocycles. The van der Waals surface area contributed by atoms with Crippen LogP contribution in [0.2, 0.25) is 0 Å². The minimum Gasteiger partial charge on any atom is -0.444 e. The van der Waals surface area contributed by atoms with E-state index in [1.807, 2.05) is 26.8 Å². The molecule has 3 amide bonds. The van der Waals surface area contributed by atoms with E-state index in [4.69, 9.17) is 4.74 Å². The average Bonchev–Trinajstić information content (AvgIpc) is 2.52. The van der Waals surface area contributed by atoms with Crippen molar-refractivity contribution in [2.45, 2.75) is 52.6 Å². The molecular weight excluding hydrogens is 320 g/mol. The van der Waals surface area contributed by atoms with Gasteiger partial charge in [-0.2, -0.15) is 0 Å². The number of hydrogen-bond acceptors (Lipinski definition) is 4. The molecule has 2 rings (SSSR count). The highest BCUT2D eigenvalue weighted by molar-refractivity contribution is 6.05. The Bertz CT molecular complexity index is 593. The Balaban J connectivity index is 1.89. The van der Waals surface area contributed by atoms with Crippen molar-refractivity contribution in [2.75, 3.05) is 19.6 Å². The van der Waals surface area contributed by atoms with Gasteiger partial charge in [-0.25, -0.2) is 4.79 Å². The lowest BCUT2D eigenvalue weighted by Crippen LogP contribution is -2.44. The SMILES string of the molecule is CC1(/C=C/C(=O)N2CCC=CC2=O)CCN(C(=O)OC(C)(C)C)CC1. The Labute approximate surface area is 149 Å². The maximum absolute atomic E-state index is 12.2. The van der Waals surface area contributed by atoms with E-state index in [2.05, 4.69) is 6.92 Å². The van der Waals surface area contributed by atoms with E-state index in [0.29, 0.717) is 26.1 Å². The topological polar surface area (TPSA) is 66.9 Å². The number of hydrogen-bond donors (Lipinski definition) is 0. The first kappa shape index (κ1) is 19.2. The maximum Gasteiger partial charge on any atom is 0.410 e. The molecule has 0 aliphatic carbocycles. The zero-order valence-electron chi connectivity index (χ0n) is 15.6. The minimum atomic E-state index is -0.500. The van der Waals surface area contributed by atoms with Crippen LogP contribution in [0.3, 0.4) is 0 Å². The molecule has 6 heteroatoms. The molecule has 1 saturated heterocycles. The van der Waals surface area contributed by atoms with Crippen LogP contribution in [0.1, 0.15) is 47.0 Å². The van der Waals surface area contributed by atoms with Crippen molar-refractivity contribution >= 4 is 17.9 Å². The van der Waals surface area contributed by atoms with E-state index < -0.39 is 5.60 Å². The van der Waals surface area contributed by atoms with E-state index in [9.17, 15) is 14.4 Å². The summed E-state index contributed by atoms with van der Waals surface area (Å²) in [4.78, 5) is 39.0. The van der Waals surface area contributed by atoms with Gasteiger partial charge >= 0.3 is 6.09 Å². The normalized spacial score (nSPS) is 20.9. The molecule has 138 valence electrons. The van der Waals surface area contributed by atoms with Crippen LogP contribution in [0.25, 0.3) is 0 Å². The zero-order chi connectivity index (χ0) is 18.7. The van der Waals surface area contributed by atoms with Gasteiger partial charge in [0.2, 0.25) is 0 Å². The highest BCUT2D eigenvalue weighted by atomic mass is 16.6. The van der Waals surface area contributed by atoms with E-state index in [1.165, 1.54) is 17.1 Å². The van der Waals surface area contributed by atoms with Crippen LogP contribution in [-0.4, -0.2) is 52.9 Å². The highest BCUT2D eigenvalue weighted by Crippen LogP contribution is 2.33. The number of carbonyl (C=O) groups excluding carboxylic acids is 3. The van der Waals surface area contributed by atoms with Gasteiger partial charge in [-0.15, -0.1) is 0 Å². The second-order valence-corrected chi connectivity index (χ2v) is 7.97. The Hall–Kier alpha value is -2.11. The molecule has 2 aliphatic heterocycles. The summed E-state index contributed by atoms with van der Waals surface area (Å²) in [6, 6.07) is 0. The van der Waals surface area contributed by atoms with Gasteiger partial charge in [0, 0.05) is 25.7 Å². The van der Waals surface area contributed by atoms with Crippen LogP contribution in [-0.2, 0) is 14.3 Å². The molecule has 1 fully saturated rings. The number of rotatable bonds is 2. The van der Waals surface area contributed by atoms with Gasteiger partial charge in [-0.3, -0.25) is 14.5 Å². The number of nitrogens with zero attached hydrogens (tertiary/aromatic N) is 2. The fourth-order valence-electron chi connectivity index (χ4n) is 2.86. The molecule has 0 spiro atoms. The van der Waals surface area contributed by atoms with E-state index in [0.717, 1.165) is 12.8 Å². The Morgan fingerprint density at radius 3 is 2.40 bits per heavy atom. The van der Waals surface area contributed by atoms with Gasteiger partial charge in [0.15, 0.2) is 0 Å². The van der Waals surface area contributed by atoms with Crippen LogP contribution in [0, 0.1) is 5.41 Å². The van der Waals surface area contributed by atoms with Gasteiger partial charge in [0.25, 0.3) is 11.8 Å². The molecule has 0 saturated carbocycles. The Morgan fingerprint density at radius 2 is 1.84 bits per heavy atom. The zero-order valence-corrected chi connectivity index (χ0v) is 15.6. The first-order chi connectivity index (χ1) is 11.6. The first-order valence-electron chi connectivity index (χ1n) is 8.79. The molecule has 6 nitrogen and oxygen atoms in total. The predicted molar refractivity (Wildman–Crippen MR) is 94.8 cm³/mol. The monoisotopic (exact) mass is 348 g/mol. The second-order valence-electron chi connectivity index (χ2n) is 7.97. The highest BCUT2D eigenvalue weighted by Gasteiger charge is 2.32. The Morgan fingerprint density at radius 1 is 1.20 bits per heavy atom. The van der Waals surface area contributed by atoms with E-state index in [-0.39, 0.29) is 23.3 Å². The lowest BCUT2D eigenvalue weighted by Gasteiger charge is -2.38. The fraction of sp³-hybridized carbons (Fsp3) is 0.632. The van der Waals surface area contributed by atoms with E-state index in [1.54, 1.807) is 11.0 Å². The van der Waals surface area contributed by atoms with Crippen molar-refractivity contribution < 1.29 is 19.1 Å². The van der Waals surface area contributed by atoms with Crippen molar-refractivity contribution in [3.63, 3.8) is 0 Å². The predicted octanol–water partition coefficient (Wildman–Crippen LogP) is 2.89. The van der Waals surface area contributed by atoms with Crippen molar-refractivity contribution in [3.05, 3.63) is 24.3 Å². The number of ether oxygens (including phenoxy) is 1. The van der Waals surface area contributed by atoms with Crippen molar-refractivity contribution in [1.29, 1.82) is 0 Å². The molecule has 25 heavy (non-hydrogen) atoms. The fourth-order valence-corrected chi connectivity index (χ4v) is 2.86. The summed E-state index contributed by atoms with van der Waals surface area (Å²) in [5, 5.41) is 0. The quantitative estimate of drug-likeness (QED) is 0.720. The molecule has 0 aromatic carbocycles. The number of carbonyl (C=O) groups is 3. The molecule has 0 atom stereocenters. The average molecular weight is 348 g/mol. The van der Waals surface area contributed by atoms with Crippen LogP contribution in [0.4, 0.5) is 4.79 Å². The van der Waals surface area contributed by atoms with Crippen molar-refractivity contribution in [1.82, 2.24) is 9.80 Å². The largest absolute Gasteiger partial charge is 0.444 e. The number of allylic oxidation sites excluding steroid dienone is 1. The van der Waals surface area contributed by atoms with Gasteiger partial charge in [-0.1, -0.05) is 19.1 Å². The smallest absolute Gasteiger partial charge is 0.410 e. The molecule has 0 radical (unpaired) electrons. The van der Waals surface area contributed by atoms with Gasteiger partial charge in [-0.05, 0) is 51.5 Å². The minimum absolute atomic E-state index is 0.164. The summed E-state index contributed by atoms with van der Waals surface area (Å²) < 4.78 is 5.40. The summed E-state index contributed by atoms with van der Waals surface area (Å²) in [7, 11) is 0. The molecular formula is C19H28N2O4. The molecule has 0 bridgehead atoms. The molecule has 2 aliphatic rings. The van der Waals surface area contributed by atoms with Crippen LogP contribution in [0.5, 0.6) is 0 Å². The van der Waals surface area contributed by atoms with Crippen molar-refractivity contribution in [2.24, 2.45) is 5.41 Å². The third-order valence-corrected chi connectivity index (χ3v) is 4.50. The third-order valence-electron chi connectivity index (χ3n) is 4.50. The second kappa shape index (κ2) is 7.42. The number of likely N-dealkylation sites (tertiary alicyclic amines) is 1. The van der Waals surface area contributed by atoms with Crippen molar-refractivity contribution in [3.8, 4) is 0 Å². The third kappa shape index (κ3) is 5.44. The summed E-state index contributed by atoms with van der Waals surface area (Å²) >= 11 is 0. The van der Waals surface area contributed by atoms with Crippen LogP contribution >= 0.6 is 0 Å². The molecule has 0 unspecified atom stereocenters. The number of imide groups is 1. The van der Waals surface area contributed by atoms with Gasteiger partial charge in [0.05, 0.1) is 0 Å². The van der Waals surface area contributed by atoms with Gasteiger partial charge in [0.1, 0.15) is 5.60 Å². The maximum atomic E-state index is 12.2.